The molecule has 0 bridgehead atoms. The SMILES string of the molecule is O=C(O)[C@H]1CCCC[C@H]1C(=O)OCCOC(=O)[C@@H]1CCCC[C@@H]1C(=O)O. The first-order valence-corrected chi connectivity index (χ1v) is 9.20. The fraction of sp³-hybridized carbons (Fsp3) is 0.778. The Morgan fingerprint density at radius 3 is 1.23 bits per heavy atom. The lowest BCUT2D eigenvalue weighted by Crippen LogP contribution is -2.35. The lowest BCUT2D eigenvalue weighted by Gasteiger charge is -2.27. The quantitative estimate of drug-likeness (QED) is 0.513. The molecule has 0 heterocycles. The number of esters is 2. The smallest absolute Gasteiger partial charge is 0.309 e. The van der Waals surface area contributed by atoms with Gasteiger partial charge in [0.1, 0.15) is 13.2 Å². The molecule has 26 heavy (non-hydrogen) atoms. The van der Waals surface area contributed by atoms with E-state index in [0.717, 1.165) is 25.7 Å². The Morgan fingerprint density at radius 1 is 0.615 bits per heavy atom. The molecule has 8 nitrogen and oxygen atoms in total. The largest absolute Gasteiger partial charge is 0.481 e. The van der Waals surface area contributed by atoms with Crippen molar-refractivity contribution in [2.75, 3.05) is 13.2 Å². The molecule has 0 aromatic carbocycles. The fourth-order valence-corrected chi connectivity index (χ4v) is 3.92. The zero-order valence-corrected chi connectivity index (χ0v) is 14.7. The molecule has 2 saturated carbocycles. The minimum atomic E-state index is -0.991. The number of hydrogen-bond acceptors (Lipinski definition) is 6. The van der Waals surface area contributed by atoms with Crippen LogP contribution in [0, 0.1) is 23.7 Å². The van der Waals surface area contributed by atoms with Crippen molar-refractivity contribution in [3.05, 3.63) is 0 Å². The normalized spacial score (nSPS) is 28.8. The van der Waals surface area contributed by atoms with Crippen molar-refractivity contribution in [1.82, 2.24) is 0 Å². The van der Waals surface area contributed by atoms with Crippen LogP contribution >= 0.6 is 0 Å². The highest BCUT2D eigenvalue weighted by molar-refractivity contribution is 5.82. The van der Waals surface area contributed by atoms with E-state index in [4.69, 9.17) is 9.47 Å². The van der Waals surface area contributed by atoms with Gasteiger partial charge in [-0.15, -0.1) is 0 Å². The van der Waals surface area contributed by atoms with Gasteiger partial charge in [-0.2, -0.15) is 0 Å². The summed E-state index contributed by atoms with van der Waals surface area (Å²) in [5.74, 6) is -5.90. The van der Waals surface area contributed by atoms with Crippen LogP contribution in [0.4, 0.5) is 0 Å². The molecule has 2 N–H and O–H groups in total. The summed E-state index contributed by atoms with van der Waals surface area (Å²) in [5, 5.41) is 18.4. The average molecular weight is 370 g/mol. The highest BCUT2D eigenvalue weighted by Crippen LogP contribution is 2.32. The summed E-state index contributed by atoms with van der Waals surface area (Å²) in [7, 11) is 0. The van der Waals surface area contributed by atoms with Gasteiger partial charge in [-0.1, -0.05) is 25.7 Å². The molecule has 0 radical (unpaired) electrons. The topological polar surface area (TPSA) is 127 Å². The zero-order valence-electron chi connectivity index (χ0n) is 14.7. The second kappa shape index (κ2) is 9.54. The highest BCUT2D eigenvalue weighted by Gasteiger charge is 2.38. The van der Waals surface area contributed by atoms with Crippen molar-refractivity contribution in [3.63, 3.8) is 0 Å². The van der Waals surface area contributed by atoms with Gasteiger partial charge in [-0.05, 0) is 25.7 Å². The van der Waals surface area contributed by atoms with Crippen LogP contribution in [0.5, 0.6) is 0 Å². The van der Waals surface area contributed by atoms with Crippen molar-refractivity contribution in [3.8, 4) is 0 Å². The van der Waals surface area contributed by atoms with E-state index in [1.165, 1.54) is 0 Å². The van der Waals surface area contributed by atoms with Crippen LogP contribution in [-0.4, -0.2) is 47.3 Å². The van der Waals surface area contributed by atoms with Crippen molar-refractivity contribution in [2.24, 2.45) is 23.7 Å². The number of carbonyl (C=O) groups excluding carboxylic acids is 2. The Balaban J connectivity index is 1.75. The Bertz CT molecular complexity index is 495. The molecule has 0 saturated heterocycles. The first-order chi connectivity index (χ1) is 12.4. The molecule has 2 rings (SSSR count). The minimum Gasteiger partial charge on any atom is -0.481 e. The van der Waals surface area contributed by atoms with E-state index in [-0.39, 0.29) is 13.2 Å². The first-order valence-electron chi connectivity index (χ1n) is 9.20. The summed E-state index contributed by atoms with van der Waals surface area (Å²) < 4.78 is 10.2. The van der Waals surface area contributed by atoms with E-state index in [2.05, 4.69) is 0 Å². The van der Waals surface area contributed by atoms with Gasteiger partial charge in [0.05, 0.1) is 23.7 Å². The Labute approximate surface area is 151 Å². The number of carboxylic acids is 2. The summed E-state index contributed by atoms with van der Waals surface area (Å²) >= 11 is 0. The van der Waals surface area contributed by atoms with Gasteiger partial charge in [0.15, 0.2) is 0 Å². The number of carbonyl (C=O) groups is 4. The van der Waals surface area contributed by atoms with Crippen molar-refractivity contribution in [2.45, 2.75) is 51.4 Å². The maximum absolute atomic E-state index is 12.1. The minimum absolute atomic E-state index is 0.155. The van der Waals surface area contributed by atoms with Crippen LogP contribution < -0.4 is 0 Å². The Morgan fingerprint density at radius 2 is 0.923 bits per heavy atom. The monoisotopic (exact) mass is 370 g/mol. The van der Waals surface area contributed by atoms with E-state index in [1.54, 1.807) is 0 Å². The molecule has 146 valence electrons. The van der Waals surface area contributed by atoms with E-state index < -0.39 is 47.5 Å². The molecule has 0 unspecified atom stereocenters. The van der Waals surface area contributed by atoms with Gasteiger partial charge in [-0.25, -0.2) is 0 Å². The second-order valence-corrected chi connectivity index (χ2v) is 7.01. The molecule has 4 atom stereocenters. The molecule has 8 heteroatoms. The van der Waals surface area contributed by atoms with Crippen molar-refractivity contribution in [1.29, 1.82) is 0 Å². The van der Waals surface area contributed by atoms with Gasteiger partial charge in [0.25, 0.3) is 0 Å². The highest BCUT2D eigenvalue weighted by atomic mass is 16.6. The fourth-order valence-electron chi connectivity index (χ4n) is 3.92. The lowest BCUT2D eigenvalue weighted by atomic mass is 9.79. The van der Waals surface area contributed by atoms with Crippen LogP contribution in [0.3, 0.4) is 0 Å². The maximum Gasteiger partial charge on any atom is 0.309 e. The molecule has 0 aromatic rings. The second-order valence-electron chi connectivity index (χ2n) is 7.01. The summed E-state index contributed by atoms with van der Waals surface area (Å²) in [6, 6.07) is 0. The molecule has 0 amide bonds. The number of aliphatic carboxylic acids is 2. The van der Waals surface area contributed by atoms with Crippen LogP contribution in [0.1, 0.15) is 51.4 Å². The third-order valence-corrected chi connectivity index (χ3v) is 5.34. The zero-order chi connectivity index (χ0) is 19.1. The molecule has 0 aromatic heterocycles. The number of hydrogen-bond donors (Lipinski definition) is 2. The standard InChI is InChI=1S/C18H26O8/c19-15(20)11-5-1-3-7-13(11)17(23)25-9-10-26-18(24)14-8-4-2-6-12(14)16(21)22/h11-14H,1-10H2,(H,19,20)(H,21,22)/t11-,12-,13+,14+/m0/s1. The number of carboxylic acid groups (broad SMARTS) is 2. The lowest BCUT2D eigenvalue weighted by molar-refractivity contribution is -0.165. The van der Waals surface area contributed by atoms with Gasteiger partial charge < -0.3 is 19.7 Å². The summed E-state index contributed by atoms with van der Waals surface area (Å²) in [6.07, 6.45) is 5.03. The van der Waals surface area contributed by atoms with Gasteiger partial charge in [0, 0.05) is 0 Å². The van der Waals surface area contributed by atoms with E-state index in [0.29, 0.717) is 25.7 Å². The Kier molecular flexibility index (Phi) is 7.41. The van der Waals surface area contributed by atoms with Crippen molar-refractivity contribution < 1.29 is 38.9 Å². The van der Waals surface area contributed by atoms with Crippen LogP contribution in [0.25, 0.3) is 0 Å². The summed E-state index contributed by atoms with van der Waals surface area (Å²) in [4.78, 5) is 46.6. The average Bonchev–Trinajstić information content (AvgIpc) is 2.64. The Hall–Kier alpha value is -2.12. The van der Waals surface area contributed by atoms with Gasteiger partial charge >= 0.3 is 23.9 Å². The van der Waals surface area contributed by atoms with Gasteiger partial charge in [0.2, 0.25) is 0 Å². The van der Waals surface area contributed by atoms with Crippen LogP contribution in [-0.2, 0) is 28.7 Å². The maximum atomic E-state index is 12.1. The first kappa shape index (κ1) is 20.2. The van der Waals surface area contributed by atoms with E-state index in [9.17, 15) is 29.4 Å². The molecule has 2 fully saturated rings. The summed E-state index contributed by atoms with van der Waals surface area (Å²) in [5.41, 5.74) is 0. The van der Waals surface area contributed by atoms with E-state index >= 15 is 0 Å². The predicted octanol–water partition coefficient (Wildman–Crippen LogP) is 1.85. The molecule has 2 aliphatic rings. The number of rotatable bonds is 7. The van der Waals surface area contributed by atoms with Gasteiger partial charge in [-0.3, -0.25) is 19.2 Å². The van der Waals surface area contributed by atoms with Crippen LogP contribution in [0.2, 0.25) is 0 Å². The third kappa shape index (κ3) is 5.19. The molecular weight excluding hydrogens is 344 g/mol. The molecule has 0 aliphatic heterocycles. The molecule has 2 aliphatic carbocycles. The predicted molar refractivity (Wildman–Crippen MR) is 88.1 cm³/mol. The molecule has 0 spiro atoms. The van der Waals surface area contributed by atoms with Crippen molar-refractivity contribution >= 4 is 23.9 Å². The number of ether oxygens (including phenoxy) is 2. The summed E-state index contributed by atoms with van der Waals surface area (Å²) in [6.45, 7) is -0.310. The molecular formula is C18H26O8. The van der Waals surface area contributed by atoms with E-state index in [1.807, 2.05) is 0 Å². The third-order valence-electron chi connectivity index (χ3n) is 5.34. The van der Waals surface area contributed by atoms with Crippen LogP contribution in [0.15, 0.2) is 0 Å².